The Hall–Kier alpha value is -0.130. The molecule has 0 bridgehead atoms. The number of carbonyl (C=O) groups is 1. The van der Waals surface area contributed by atoms with E-state index in [-0.39, 0.29) is 17.8 Å². The molecule has 13 heavy (non-hydrogen) atoms. The van der Waals surface area contributed by atoms with E-state index >= 15 is 0 Å². The summed E-state index contributed by atoms with van der Waals surface area (Å²) in [5.41, 5.74) is 0.959. The van der Waals surface area contributed by atoms with E-state index in [0.717, 1.165) is 10.1 Å². The van der Waals surface area contributed by atoms with E-state index in [0.29, 0.717) is 0 Å². The summed E-state index contributed by atoms with van der Waals surface area (Å²) in [6.45, 7) is 7.65. The number of halogens is 1. The Kier molecular flexibility index (Phi) is 5.51. The summed E-state index contributed by atoms with van der Waals surface area (Å²) >= 11 is 2.31. The number of hydrogen-bond acceptors (Lipinski definition) is 3. The lowest BCUT2D eigenvalue weighted by Crippen LogP contribution is -2.23. The number of ketones is 1. The van der Waals surface area contributed by atoms with Crippen molar-refractivity contribution in [1.29, 1.82) is 0 Å². The first-order valence-electron chi connectivity index (χ1n) is 4.12. The zero-order valence-electron chi connectivity index (χ0n) is 8.56. The molecule has 0 atom stereocenters. The Morgan fingerprint density at radius 1 is 1.46 bits per heavy atom. The van der Waals surface area contributed by atoms with Gasteiger partial charge in [0.2, 0.25) is 0 Å². The number of carbonyl (C=O) groups excluding carboxylic acids is 1. The second-order valence-corrected chi connectivity index (χ2v) is 4.43. The zero-order valence-corrected chi connectivity index (χ0v) is 10.7. The molecule has 0 aromatic carbocycles. The molecule has 0 aliphatic rings. The van der Waals surface area contributed by atoms with Crippen LogP contribution in [0.25, 0.3) is 0 Å². The van der Waals surface area contributed by atoms with Gasteiger partial charge < -0.3 is 4.84 Å². The van der Waals surface area contributed by atoms with Crippen LogP contribution < -0.4 is 0 Å². The van der Waals surface area contributed by atoms with Gasteiger partial charge in [-0.15, -0.1) is 0 Å². The van der Waals surface area contributed by atoms with Crippen molar-refractivity contribution in [3.8, 4) is 0 Å². The zero-order chi connectivity index (χ0) is 10.5. The number of rotatable bonds is 5. The Labute approximate surface area is 93.0 Å². The molecule has 0 radical (unpaired) electrons. The molecule has 76 valence electrons. The third kappa shape index (κ3) is 5.23. The summed E-state index contributed by atoms with van der Waals surface area (Å²) in [4.78, 5) is 15.4. The number of oxime groups is 1. The van der Waals surface area contributed by atoms with Crippen LogP contribution in [0.2, 0.25) is 0 Å². The highest BCUT2D eigenvalue weighted by Crippen LogP contribution is 2.20. The maximum absolute atomic E-state index is 10.5. The average Bonchev–Trinajstić information content (AvgIpc) is 2.03. The Morgan fingerprint density at radius 2 is 2.00 bits per heavy atom. The smallest absolute Gasteiger partial charge is 0.174 e. The molecule has 0 unspecified atom stereocenters. The highest BCUT2D eigenvalue weighted by Gasteiger charge is 2.20. The normalized spacial score (nSPS) is 12.8. The van der Waals surface area contributed by atoms with Gasteiger partial charge in [0.05, 0.1) is 5.71 Å². The fourth-order valence-electron chi connectivity index (χ4n) is 0.440. The van der Waals surface area contributed by atoms with Crippen molar-refractivity contribution in [3.05, 3.63) is 0 Å². The minimum absolute atomic E-state index is 0.0103. The second kappa shape index (κ2) is 5.57. The molecule has 0 aliphatic heterocycles. The molecule has 0 fully saturated rings. The lowest BCUT2D eigenvalue weighted by atomic mass is 9.91. The lowest BCUT2D eigenvalue weighted by molar-refractivity contribution is -0.121. The molecular formula is C9H16INO2. The Balaban J connectivity index is 4.09. The van der Waals surface area contributed by atoms with Crippen molar-refractivity contribution < 1.29 is 9.63 Å². The van der Waals surface area contributed by atoms with Crippen LogP contribution in [0.15, 0.2) is 5.16 Å². The monoisotopic (exact) mass is 297 g/mol. The van der Waals surface area contributed by atoms with Crippen molar-refractivity contribution in [2.45, 2.75) is 27.7 Å². The Morgan fingerprint density at radius 3 is 2.38 bits per heavy atom. The molecule has 3 nitrogen and oxygen atoms in total. The largest absolute Gasteiger partial charge is 0.388 e. The fourth-order valence-corrected chi connectivity index (χ4v) is 0.992. The van der Waals surface area contributed by atoms with Crippen LogP contribution in [0.1, 0.15) is 27.7 Å². The van der Waals surface area contributed by atoms with Crippen molar-refractivity contribution in [2.75, 3.05) is 11.0 Å². The third-order valence-electron chi connectivity index (χ3n) is 1.78. The molecule has 0 heterocycles. The molecule has 0 rings (SSSR count). The van der Waals surface area contributed by atoms with Crippen molar-refractivity contribution in [3.63, 3.8) is 0 Å². The van der Waals surface area contributed by atoms with Crippen LogP contribution in [0.3, 0.4) is 0 Å². The summed E-state index contributed by atoms with van der Waals surface area (Å²) in [5, 5.41) is 3.90. The van der Waals surface area contributed by atoms with Gasteiger partial charge in [-0.2, -0.15) is 0 Å². The van der Waals surface area contributed by atoms with Gasteiger partial charge in [0.1, 0.15) is 0 Å². The molecule has 4 heteroatoms. The van der Waals surface area contributed by atoms with Crippen LogP contribution in [0.5, 0.6) is 0 Å². The predicted octanol–water partition coefficient (Wildman–Crippen LogP) is 2.43. The summed E-state index contributed by atoms with van der Waals surface area (Å²) in [6, 6.07) is 0. The lowest BCUT2D eigenvalue weighted by Gasteiger charge is -2.20. The maximum Gasteiger partial charge on any atom is 0.174 e. The van der Waals surface area contributed by atoms with Gasteiger partial charge in [0.25, 0.3) is 0 Å². The first kappa shape index (κ1) is 12.9. The summed E-state index contributed by atoms with van der Waals surface area (Å²) in [5.74, 6) is -0.0103. The van der Waals surface area contributed by atoms with E-state index in [9.17, 15) is 4.79 Å². The van der Waals surface area contributed by atoms with Gasteiger partial charge in [-0.3, -0.25) is 4.79 Å². The highest BCUT2D eigenvalue weighted by atomic mass is 127. The van der Waals surface area contributed by atoms with E-state index < -0.39 is 0 Å². The quantitative estimate of drug-likeness (QED) is 0.338. The van der Waals surface area contributed by atoms with Crippen LogP contribution in [-0.2, 0) is 9.63 Å². The van der Waals surface area contributed by atoms with Crippen LogP contribution in [0, 0.1) is 5.41 Å². The van der Waals surface area contributed by atoms with Gasteiger partial charge in [-0.1, -0.05) is 41.6 Å². The molecule has 0 aromatic rings. The SMILES string of the molecule is CC(=O)CO/N=C(\C)C(C)(C)CI. The molecule has 0 spiro atoms. The van der Waals surface area contributed by atoms with E-state index in [4.69, 9.17) is 4.84 Å². The molecule has 0 saturated carbocycles. The average molecular weight is 297 g/mol. The summed E-state index contributed by atoms with van der Waals surface area (Å²) < 4.78 is 0.976. The molecule has 0 aromatic heterocycles. The van der Waals surface area contributed by atoms with E-state index in [1.54, 1.807) is 0 Å². The number of nitrogens with zero attached hydrogens (tertiary/aromatic N) is 1. The summed E-state index contributed by atoms with van der Waals surface area (Å²) in [7, 11) is 0. The van der Waals surface area contributed by atoms with Crippen LogP contribution >= 0.6 is 22.6 Å². The number of Topliss-reactive ketones (excluding diaryl/α,β-unsaturated/α-hetero) is 1. The minimum Gasteiger partial charge on any atom is -0.388 e. The fraction of sp³-hybridized carbons (Fsp3) is 0.778. The predicted molar refractivity (Wildman–Crippen MR) is 62.4 cm³/mol. The van der Waals surface area contributed by atoms with Crippen molar-refractivity contribution >= 4 is 34.1 Å². The van der Waals surface area contributed by atoms with Crippen LogP contribution in [-0.4, -0.2) is 22.5 Å². The maximum atomic E-state index is 10.5. The molecule has 0 aliphatic carbocycles. The van der Waals surface area contributed by atoms with Gasteiger partial charge >= 0.3 is 0 Å². The van der Waals surface area contributed by atoms with Gasteiger partial charge in [-0.25, -0.2) is 0 Å². The van der Waals surface area contributed by atoms with E-state index in [1.807, 2.05) is 6.92 Å². The molecular weight excluding hydrogens is 281 g/mol. The first-order valence-corrected chi connectivity index (χ1v) is 5.65. The third-order valence-corrected chi connectivity index (χ3v) is 3.69. The molecule has 0 N–H and O–H groups in total. The highest BCUT2D eigenvalue weighted by molar-refractivity contribution is 14.1. The Bertz CT molecular complexity index is 212. The first-order chi connectivity index (χ1) is 5.90. The second-order valence-electron chi connectivity index (χ2n) is 3.67. The van der Waals surface area contributed by atoms with E-state index in [2.05, 4.69) is 41.6 Å². The molecule has 0 amide bonds. The minimum atomic E-state index is -0.0103. The molecule has 0 saturated heterocycles. The van der Waals surface area contributed by atoms with Gasteiger partial charge in [0.15, 0.2) is 12.4 Å². The summed E-state index contributed by atoms with van der Waals surface area (Å²) in [6.07, 6.45) is 0. The standard InChI is InChI=1S/C9H16INO2/c1-7(12)5-13-11-8(2)9(3,4)6-10/h5-6H2,1-4H3/b11-8+. The number of hydrogen-bond donors (Lipinski definition) is 0. The topological polar surface area (TPSA) is 38.7 Å². The van der Waals surface area contributed by atoms with Gasteiger partial charge in [-0.05, 0) is 13.8 Å². The van der Waals surface area contributed by atoms with Crippen molar-refractivity contribution in [2.24, 2.45) is 10.6 Å². The van der Waals surface area contributed by atoms with E-state index in [1.165, 1.54) is 6.92 Å². The number of alkyl halides is 1. The van der Waals surface area contributed by atoms with Crippen molar-refractivity contribution in [1.82, 2.24) is 0 Å². The van der Waals surface area contributed by atoms with Crippen LogP contribution in [0.4, 0.5) is 0 Å². The van der Waals surface area contributed by atoms with Gasteiger partial charge in [0, 0.05) is 9.84 Å².